The lowest BCUT2D eigenvalue weighted by Crippen LogP contribution is -2.30. The van der Waals surface area contributed by atoms with Crippen LogP contribution in [-0.4, -0.2) is 20.9 Å². The Bertz CT molecular complexity index is 730. The molecule has 0 unspecified atom stereocenters. The molecule has 2 rings (SSSR count). The molecule has 0 aliphatic rings. The summed E-state index contributed by atoms with van der Waals surface area (Å²) in [6, 6.07) is 13.2. The zero-order chi connectivity index (χ0) is 16.0. The summed E-state index contributed by atoms with van der Waals surface area (Å²) in [7, 11) is -3.74. The van der Waals surface area contributed by atoms with E-state index in [1.807, 2.05) is 0 Å². The van der Waals surface area contributed by atoms with Crippen LogP contribution in [0, 0.1) is 5.82 Å². The molecule has 0 heterocycles. The van der Waals surface area contributed by atoms with Gasteiger partial charge in [-0.05, 0) is 29.8 Å². The molecule has 22 heavy (non-hydrogen) atoms. The molecule has 0 aromatic heterocycles. The number of nitrogens with one attached hydrogen (secondary N) is 1. The zero-order valence-corrected chi connectivity index (χ0v) is 12.3. The molecular formula is C15H14FNO4S. The first-order valence-corrected chi connectivity index (χ1v) is 7.90. The van der Waals surface area contributed by atoms with Gasteiger partial charge in [-0.2, -0.15) is 4.72 Å². The zero-order valence-electron chi connectivity index (χ0n) is 11.5. The summed E-state index contributed by atoms with van der Waals surface area (Å²) in [5, 5.41) is 0. The van der Waals surface area contributed by atoms with Gasteiger partial charge in [-0.25, -0.2) is 12.8 Å². The van der Waals surface area contributed by atoms with Gasteiger partial charge in [0.25, 0.3) is 0 Å². The van der Waals surface area contributed by atoms with Gasteiger partial charge >= 0.3 is 5.97 Å². The van der Waals surface area contributed by atoms with Crippen LogP contribution >= 0.6 is 0 Å². The maximum atomic E-state index is 12.7. The molecule has 0 saturated carbocycles. The Labute approximate surface area is 127 Å². The van der Waals surface area contributed by atoms with E-state index in [-0.39, 0.29) is 17.3 Å². The number of esters is 1. The molecule has 1 N–H and O–H groups in total. The summed E-state index contributed by atoms with van der Waals surface area (Å²) in [5.41, 5.74) is 0.612. The maximum absolute atomic E-state index is 12.7. The monoisotopic (exact) mass is 323 g/mol. The minimum absolute atomic E-state index is 0.0494. The van der Waals surface area contributed by atoms with E-state index in [0.29, 0.717) is 5.56 Å². The summed E-state index contributed by atoms with van der Waals surface area (Å²) in [4.78, 5) is 11.6. The molecule has 0 saturated heterocycles. The van der Waals surface area contributed by atoms with E-state index in [1.165, 1.54) is 36.4 Å². The average molecular weight is 323 g/mol. The minimum atomic E-state index is -3.74. The van der Waals surface area contributed by atoms with Crippen LogP contribution in [0.1, 0.15) is 5.56 Å². The van der Waals surface area contributed by atoms with Gasteiger partial charge in [0.1, 0.15) is 19.0 Å². The molecule has 0 aliphatic heterocycles. The first-order chi connectivity index (χ1) is 10.5. The van der Waals surface area contributed by atoms with Gasteiger partial charge in [-0.3, -0.25) is 4.79 Å². The van der Waals surface area contributed by atoms with Crippen LogP contribution in [0.2, 0.25) is 0 Å². The summed E-state index contributed by atoms with van der Waals surface area (Å²) < 4.78 is 43.6. The first-order valence-electron chi connectivity index (χ1n) is 6.42. The van der Waals surface area contributed by atoms with Gasteiger partial charge in [0, 0.05) is 0 Å². The van der Waals surface area contributed by atoms with Gasteiger partial charge in [0.05, 0.1) is 4.90 Å². The Balaban J connectivity index is 1.84. The quantitative estimate of drug-likeness (QED) is 0.824. The van der Waals surface area contributed by atoms with Crippen molar-refractivity contribution in [1.29, 1.82) is 0 Å². The van der Waals surface area contributed by atoms with Gasteiger partial charge in [0.2, 0.25) is 10.0 Å². The Kier molecular flexibility index (Phi) is 5.24. The van der Waals surface area contributed by atoms with E-state index in [0.717, 1.165) is 0 Å². The largest absolute Gasteiger partial charge is 0.460 e. The van der Waals surface area contributed by atoms with Crippen molar-refractivity contribution >= 4 is 16.0 Å². The van der Waals surface area contributed by atoms with Crippen molar-refractivity contribution in [3.63, 3.8) is 0 Å². The molecule has 5 nitrogen and oxygen atoms in total. The van der Waals surface area contributed by atoms with Crippen LogP contribution in [0.25, 0.3) is 0 Å². The lowest BCUT2D eigenvalue weighted by molar-refractivity contribution is -0.143. The summed E-state index contributed by atoms with van der Waals surface area (Å²) in [5.74, 6) is -1.10. The van der Waals surface area contributed by atoms with E-state index in [1.54, 1.807) is 18.2 Å². The third-order valence-corrected chi connectivity index (χ3v) is 4.19. The van der Waals surface area contributed by atoms with Crippen LogP contribution in [-0.2, 0) is 26.2 Å². The van der Waals surface area contributed by atoms with Crippen molar-refractivity contribution in [3.05, 3.63) is 66.0 Å². The number of carbonyl (C=O) groups excluding carboxylic acids is 1. The highest BCUT2D eigenvalue weighted by molar-refractivity contribution is 7.89. The molecule has 116 valence electrons. The molecule has 0 atom stereocenters. The van der Waals surface area contributed by atoms with Crippen molar-refractivity contribution < 1.29 is 22.3 Å². The number of hydrogen-bond acceptors (Lipinski definition) is 4. The van der Waals surface area contributed by atoms with Gasteiger partial charge < -0.3 is 4.74 Å². The fourth-order valence-corrected chi connectivity index (χ4v) is 2.62. The minimum Gasteiger partial charge on any atom is -0.460 e. The first kappa shape index (κ1) is 16.1. The van der Waals surface area contributed by atoms with Crippen molar-refractivity contribution in [1.82, 2.24) is 4.72 Å². The molecule has 0 bridgehead atoms. The third-order valence-electron chi connectivity index (χ3n) is 2.77. The number of carbonyl (C=O) groups is 1. The molecule has 0 aliphatic carbocycles. The van der Waals surface area contributed by atoms with Crippen LogP contribution in [0.3, 0.4) is 0 Å². The topological polar surface area (TPSA) is 72.5 Å². The van der Waals surface area contributed by atoms with Crippen LogP contribution in [0.4, 0.5) is 4.39 Å². The average Bonchev–Trinajstić information content (AvgIpc) is 2.53. The van der Waals surface area contributed by atoms with Crippen LogP contribution in [0.5, 0.6) is 0 Å². The summed E-state index contributed by atoms with van der Waals surface area (Å²) in [6.45, 7) is -0.523. The van der Waals surface area contributed by atoms with Crippen molar-refractivity contribution in [2.45, 2.75) is 11.5 Å². The van der Waals surface area contributed by atoms with E-state index < -0.39 is 22.5 Å². The lowest BCUT2D eigenvalue weighted by atomic mass is 10.2. The highest BCUT2D eigenvalue weighted by Gasteiger charge is 2.15. The molecule has 7 heteroatoms. The fourth-order valence-electron chi connectivity index (χ4n) is 1.63. The number of benzene rings is 2. The molecule has 0 spiro atoms. The van der Waals surface area contributed by atoms with Gasteiger partial charge in [-0.1, -0.05) is 30.3 Å². The van der Waals surface area contributed by atoms with Crippen molar-refractivity contribution in [2.75, 3.05) is 6.54 Å². The fraction of sp³-hybridized carbons (Fsp3) is 0.133. The molecule has 2 aromatic carbocycles. The Morgan fingerprint density at radius 3 is 2.32 bits per heavy atom. The van der Waals surface area contributed by atoms with Crippen LogP contribution in [0.15, 0.2) is 59.5 Å². The predicted octanol–water partition coefficient (Wildman–Crippen LogP) is 1.85. The summed E-state index contributed by atoms with van der Waals surface area (Å²) >= 11 is 0. The number of sulfonamides is 1. The highest BCUT2D eigenvalue weighted by atomic mass is 32.2. The number of ether oxygens (including phenoxy) is 1. The van der Waals surface area contributed by atoms with Crippen LogP contribution < -0.4 is 4.72 Å². The van der Waals surface area contributed by atoms with Gasteiger partial charge in [-0.15, -0.1) is 0 Å². The smallest absolute Gasteiger partial charge is 0.321 e. The SMILES string of the molecule is O=C(CNS(=O)(=O)c1ccccc1)OCc1ccc(F)cc1. The Hall–Kier alpha value is -2.25. The highest BCUT2D eigenvalue weighted by Crippen LogP contribution is 2.07. The lowest BCUT2D eigenvalue weighted by Gasteiger charge is -2.07. The second-order valence-electron chi connectivity index (χ2n) is 4.42. The van der Waals surface area contributed by atoms with Crippen molar-refractivity contribution in [2.24, 2.45) is 0 Å². The van der Waals surface area contributed by atoms with Gasteiger partial charge in [0.15, 0.2) is 0 Å². The second-order valence-corrected chi connectivity index (χ2v) is 6.19. The summed E-state index contributed by atoms with van der Waals surface area (Å²) in [6.07, 6.45) is 0. The van der Waals surface area contributed by atoms with E-state index in [2.05, 4.69) is 4.72 Å². The molecule has 2 aromatic rings. The molecular weight excluding hydrogens is 309 g/mol. The normalized spacial score (nSPS) is 11.1. The number of rotatable bonds is 6. The molecule has 0 radical (unpaired) electrons. The standard InChI is InChI=1S/C15H14FNO4S/c16-13-8-6-12(7-9-13)11-21-15(18)10-17-22(19,20)14-4-2-1-3-5-14/h1-9,17H,10-11H2. The Morgan fingerprint density at radius 2 is 1.68 bits per heavy atom. The maximum Gasteiger partial charge on any atom is 0.321 e. The predicted molar refractivity (Wildman–Crippen MR) is 77.8 cm³/mol. The Morgan fingerprint density at radius 1 is 1.05 bits per heavy atom. The molecule has 0 fully saturated rings. The van der Waals surface area contributed by atoms with E-state index >= 15 is 0 Å². The second kappa shape index (κ2) is 7.15. The van der Waals surface area contributed by atoms with E-state index in [4.69, 9.17) is 4.74 Å². The third kappa shape index (κ3) is 4.64. The number of halogens is 1. The molecule has 0 amide bonds. The van der Waals surface area contributed by atoms with Crippen molar-refractivity contribution in [3.8, 4) is 0 Å². The number of hydrogen-bond donors (Lipinski definition) is 1. The van der Waals surface area contributed by atoms with E-state index in [9.17, 15) is 17.6 Å².